The fraction of sp³-hybridized carbons (Fsp3) is 0.467. The zero-order valence-electron chi connectivity index (χ0n) is 12.3. The topological polar surface area (TPSA) is 59.9 Å². The van der Waals surface area contributed by atoms with Crippen LogP contribution in [0.15, 0.2) is 29.3 Å². The van der Waals surface area contributed by atoms with Gasteiger partial charge in [-0.15, -0.1) is 0 Å². The smallest absolute Gasteiger partial charge is 0.291 e. The van der Waals surface area contributed by atoms with Crippen LogP contribution in [-0.4, -0.2) is 38.8 Å². The first-order valence-corrected chi connectivity index (χ1v) is 6.71. The number of amidine groups is 1. The fourth-order valence-electron chi connectivity index (χ4n) is 1.52. The van der Waals surface area contributed by atoms with Gasteiger partial charge in [0.1, 0.15) is 0 Å². The van der Waals surface area contributed by atoms with Crippen molar-refractivity contribution in [3.63, 3.8) is 0 Å². The van der Waals surface area contributed by atoms with E-state index in [1.807, 2.05) is 26.0 Å². The van der Waals surface area contributed by atoms with Crippen molar-refractivity contribution >= 4 is 11.9 Å². The van der Waals surface area contributed by atoms with Crippen molar-refractivity contribution in [2.45, 2.75) is 20.3 Å². The molecule has 0 unspecified atom stereocenters. The summed E-state index contributed by atoms with van der Waals surface area (Å²) in [7, 11) is 1.65. The van der Waals surface area contributed by atoms with E-state index in [1.165, 1.54) is 0 Å². The number of ether oxygens (including phenoxy) is 2. The molecule has 110 valence electrons. The third-order valence-electron chi connectivity index (χ3n) is 2.58. The molecule has 0 aliphatic heterocycles. The Morgan fingerprint density at radius 3 is 2.60 bits per heavy atom. The van der Waals surface area contributed by atoms with Gasteiger partial charge in [-0.3, -0.25) is 10.1 Å². The zero-order valence-corrected chi connectivity index (χ0v) is 12.3. The van der Waals surface area contributed by atoms with Crippen LogP contribution in [0.3, 0.4) is 0 Å². The average Bonchev–Trinajstić information content (AvgIpc) is 2.44. The summed E-state index contributed by atoms with van der Waals surface area (Å²) in [6.45, 7) is 5.47. The number of amides is 1. The molecule has 1 N–H and O–H groups in total. The number of benzene rings is 1. The van der Waals surface area contributed by atoms with Crippen molar-refractivity contribution in [3.05, 3.63) is 35.4 Å². The third-order valence-corrected chi connectivity index (χ3v) is 2.58. The first kappa shape index (κ1) is 16.2. The van der Waals surface area contributed by atoms with E-state index in [-0.39, 0.29) is 11.9 Å². The van der Waals surface area contributed by atoms with Crippen molar-refractivity contribution in [3.8, 4) is 0 Å². The van der Waals surface area contributed by atoms with Crippen LogP contribution in [0.1, 0.15) is 29.3 Å². The predicted molar refractivity (Wildman–Crippen MR) is 79.1 cm³/mol. The Morgan fingerprint density at radius 1 is 1.30 bits per heavy atom. The van der Waals surface area contributed by atoms with Crippen molar-refractivity contribution in [2.75, 3.05) is 26.9 Å². The fourth-order valence-corrected chi connectivity index (χ4v) is 1.52. The summed E-state index contributed by atoms with van der Waals surface area (Å²) >= 11 is 0. The van der Waals surface area contributed by atoms with E-state index in [1.54, 1.807) is 19.2 Å². The lowest BCUT2D eigenvalue weighted by Gasteiger charge is -2.09. The van der Waals surface area contributed by atoms with Crippen molar-refractivity contribution in [1.29, 1.82) is 0 Å². The van der Waals surface area contributed by atoms with Crippen LogP contribution in [0.25, 0.3) is 0 Å². The molecule has 0 aromatic heterocycles. The second-order valence-electron chi connectivity index (χ2n) is 4.29. The number of carbonyl (C=O) groups is 1. The summed E-state index contributed by atoms with van der Waals surface area (Å²) < 4.78 is 10.3. The first-order chi connectivity index (χ1) is 9.67. The molecular weight excluding hydrogens is 256 g/mol. The van der Waals surface area contributed by atoms with Gasteiger partial charge in [-0.25, -0.2) is 4.99 Å². The van der Waals surface area contributed by atoms with Crippen LogP contribution in [0.5, 0.6) is 0 Å². The summed E-state index contributed by atoms with van der Waals surface area (Å²) in [6, 6.07) is 7.60. The minimum atomic E-state index is -0.219. The van der Waals surface area contributed by atoms with E-state index in [4.69, 9.17) is 9.47 Å². The molecule has 0 aliphatic carbocycles. The number of rotatable bonds is 6. The molecule has 0 aliphatic rings. The summed E-state index contributed by atoms with van der Waals surface area (Å²) in [4.78, 5) is 16.2. The minimum Gasteiger partial charge on any atom is -0.465 e. The van der Waals surface area contributed by atoms with E-state index in [2.05, 4.69) is 10.3 Å². The van der Waals surface area contributed by atoms with Gasteiger partial charge < -0.3 is 9.47 Å². The SMILES string of the molecule is CCOC(=NCCCOC)NC(=O)c1ccc(C)cc1. The highest BCUT2D eigenvalue weighted by Gasteiger charge is 2.09. The lowest BCUT2D eigenvalue weighted by Crippen LogP contribution is -2.32. The number of aryl methyl sites for hydroxylation is 1. The van der Waals surface area contributed by atoms with Gasteiger partial charge in [0, 0.05) is 25.8 Å². The molecule has 20 heavy (non-hydrogen) atoms. The van der Waals surface area contributed by atoms with E-state index in [9.17, 15) is 4.79 Å². The Balaban J connectivity index is 2.60. The number of nitrogens with zero attached hydrogens (tertiary/aromatic N) is 1. The van der Waals surface area contributed by atoms with Crippen LogP contribution in [0.4, 0.5) is 0 Å². The summed E-state index contributed by atoms with van der Waals surface area (Å²) in [5.74, 6) is -0.219. The Morgan fingerprint density at radius 2 is 2.00 bits per heavy atom. The molecule has 0 spiro atoms. The second-order valence-corrected chi connectivity index (χ2v) is 4.29. The first-order valence-electron chi connectivity index (χ1n) is 6.71. The summed E-state index contributed by atoms with van der Waals surface area (Å²) in [6.07, 6.45) is 0.785. The number of nitrogens with one attached hydrogen (secondary N) is 1. The molecule has 1 rings (SSSR count). The maximum Gasteiger partial charge on any atom is 0.291 e. The minimum absolute atomic E-state index is 0.219. The van der Waals surface area contributed by atoms with Crippen LogP contribution < -0.4 is 5.32 Å². The van der Waals surface area contributed by atoms with Crippen LogP contribution in [0, 0.1) is 6.92 Å². The maximum atomic E-state index is 12.0. The molecule has 1 aromatic rings. The van der Waals surface area contributed by atoms with Crippen LogP contribution in [-0.2, 0) is 9.47 Å². The van der Waals surface area contributed by atoms with E-state index < -0.39 is 0 Å². The molecular formula is C15H22N2O3. The largest absolute Gasteiger partial charge is 0.465 e. The lowest BCUT2D eigenvalue weighted by atomic mass is 10.1. The molecule has 0 fully saturated rings. The van der Waals surface area contributed by atoms with Gasteiger partial charge in [0.05, 0.1) is 6.61 Å². The Kier molecular flexibility index (Phi) is 7.35. The quantitative estimate of drug-likeness (QED) is 0.493. The Bertz CT molecular complexity index is 441. The van der Waals surface area contributed by atoms with Gasteiger partial charge >= 0.3 is 0 Å². The molecule has 1 amide bonds. The molecule has 5 heteroatoms. The van der Waals surface area contributed by atoms with E-state index in [0.717, 1.165) is 12.0 Å². The van der Waals surface area contributed by atoms with Crippen molar-refractivity contribution in [2.24, 2.45) is 4.99 Å². The number of aliphatic imine (C=N–C) groups is 1. The molecule has 0 heterocycles. The maximum absolute atomic E-state index is 12.0. The van der Waals surface area contributed by atoms with E-state index >= 15 is 0 Å². The molecule has 5 nitrogen and oxygen atoms in total. The molecule has 0 saturated heterocycles. The second kappa shape index (κ2) is 9.09. The number of hydrogen-bond donors (Lipinski definition) is 1. The number of carbonyl (C=O) groups excluding carboxylic acids is 1. The summed E-state index contributed by atoms with van der Waals surface area (Å²) in [5, 5.41) is 2.68. The van der Waals surface area contributed by atoms with Crippen LogP contribution >= 0.6 is 0 Å². The molecule has 0 saturated carbocycles. The van der Waals surface area contributed by atoms with Gasteiger partial charge in [0.15, 0.2) is 0 Å². The average molecular weight is 278 g/mol. The zero-order chi connectivity index (χ0) is 14.8. The summed E-state index contributed by atoms with van der Waals surface area (Å²) in [5.41, 5.74) is 1.69. The van der Waals surface area contributed by atoms with Crippen molar-refractivity contribution in [1.82, 2.24) is 5.32 Å². The lowest BCUT2D eigenvalue weighted by molar-refractivity contribution is 0.0966. The normalized spacial score (nSPS) is 11.2. The molecule has 1 aromatic carbocycles. The molecule has 0 atom stereocenters. The monoisotopic (exact) mass is 278 g/mol. The van der Waals surface area contributed by atoms with Crippen molar-refractivity contribution < 1.29 is 14.3 Å². The highest BCUT2D eigenvalue weighted by molar-refractivity contribution is 6.04. The molecule has 0 radical (unpaired) electrons. The van der Waals surface area contributed by atoms with Gasteiger partial charge in [0.25, 0.3) is 11.9 Å². The third kappa shape index (κ3) is 5.84. The van der Waals surface area contributed by atoms with Gasteiger partial charge in [-0.2, -0.15) is 0 Å². The number of methoxy groups -OCH3 is 1. The molecule has 0 bridgehead atoms. The standard InChI is InChI=1S/C15H22N2O3/c1-4-20-15(16-10-5-11-19-3)17-14(18)13-8-6-12(2)7-9-13/h6-9H,4-5,10-11H2,1-3H3,(H,16,17,18). The van der Waals surface area contributed by atoms with Gasteiger partial charge in [-0.05, 0) is 32.4 Å². The Hall–Kier alpha value is -1.88. The van der Waals surface area contributed by atoms with Gasteiger partial charge in [0.2, 0.25) is 0 Å². The number of hydrogen-bond acceptors (Lipinski definition) is 4. The predicted octanol–water partition coefficient (Wildman–Crippen LogP) is 2.15. The highest BCUT2D eigenvalue weighted by Crippen LogP contribution is 2.03. The highest BCUT2D eigenvalue weighted by atomic mass is 16.5. The van der Waals surface area contributed by atoms with E-state index in [0.29, 0.717) is 25.3 Å². The van der Waals surface area contributed by atoms with Crippen LogP contribution in [0.2, 0.25) is 0 Å². The van der Waals surface area contributed by atoms with Gasteiger partial charge in [-0.1, -0.05) is 17.7 Å². The Labute approximate surface area is 120 Å².